The van der Waals surface area contributed by atoms with Gasteiger partial charge in [0.05, 0.1) is 15.6 Å². The molecule has 2 rings (SSSR count). The molecule has 0 spiro atoms. The summed E-state index contributed by atoms with van der Waals surface area (Å²) in [5.41, 5.74) is 2.87. The highest BCUT2D eigenvalue weighted by atomic mass is 35.5. The predicted octanol–water partition coefficient (Wildman–Crippen LogP) is 3.53. The van der Waals surface area contributed by atoms with E-state index in [4.69, 9.17) is 11.6 Å². The van der Waals surface area contributed by atoms with Crippen LogP contribution in [0.15, 0.2) is 36.4 Å². The van der Waals surface area contributed by atoms with E-state index in [9.17, 15) is 14.9 Å². The molecule has 0 radical (unpaired) electrons. The zero-order chi connectivity index (χ0) is 17.0. The lowest BCUT2D eigenvalue weighted by molar-refractivity contribution is -0.384. The van der Waals surface area contributed by atoms with Crippen molar-refractivity contribution in [1.82, 2.24) is 5.32 Å². The average Bonchev–Trinajstić information content (AvgIpc) is 2.53. The Morgan fingerprint density at radius 3 is 2.43 bits per heavy atom. The number of carbonyl (C=O) groups is 1. The maximum absolute atomic E-state index is 11.5. The van der Waals surface area contributed by atoms with Crippen LogP contribution in [0.5, 0.6) is 0 Å². The second kappa shape index (κ2) is 7.11. The summed E-state index contributed by atoms with van der Waals surface area (Å²) in [5.74, 6) is -0.140. The summed E-state index contributed by atoms with van der Waals surface area (Å²) in [7, 11) is 1.58. The Balaban J connectivity index is 2.12. The van der Waals surface area contributed by atoms with E-state index in [0.717, 1.165) is 5.56 Å². The fourth-order valence-corrected chi connectivity index (χ4v) is 2.49. The molecule has 120 valence electrons. The number of benzene rings is 2. The number of amides is 1. The number of nitrogens with one attached hydrogen (secondary N) is 2. The monoisotopic (exact) mass is 333 g/mol. The van der Waals surface area contributed by atoms with E-state index in [1.807, 2.05) is 12.1 Å². The molecule has 0 aliphatic heterocycles. The van der Waals surface area contributed by atoms with Gasteiger partial charge in [0.25, 0.3) is 11.6 Å². The largest absolute Gasteiger partial charge is 0.380 e. The summed E-state index contributed by atoms with van der Waals surface area (Å²) in [6, 6.07) is 9.95. The zero-order valence-corrected chi connectivity index (χ0v) is 13.5. The predicted molar refractivity (Wildman–Crippen MR) is 90.0 cm³/mol. The van der Waals surface area contributed by atoms with Gasteiger partial charge in [0, 0.05) is 31.3 Å². The van der Waals surface area contributed by atoms with Gasteiger partial charge in [-0.05, 0) is 30.2 Å². The Hall–Kier alpha value is -2.60. The van der Waals surface area contributed by atoms with Crippen LogP contribution in [-0.4, -0.2) is 17.9 Å². The molecule has 0 saturated carbocycles. The standard InChI is InChI=1S/C16H16ClN3O3/c1-10-7-13(20(22)23)8-14(17)15(10)19-9-11-3-5-12(6-4-11)16(21)18-2/h3-8,19H,9H2,1-2H3,(H,18,21). The molecular weight excluding hydrogens is 318 g/mol. The Kier molecular flexibility index (Phi) is 5.18. The molecule has 0 fully saturated rings. The summed E-state index contributed by atoms with van der Waals surface area (Å²) in [5, 5.41) is 16.8. The molecule has 0 aliphatic carbocycles. The molecule has 2 N–H and O–H groups in total. The molecule has 6 nitrogen and oxygen atoms in total. The van der Waals surface area contributed by atoms with Crippen molar-refractivity contribution in [3.63, 3.8) is 0 Å². The zero-order valence-electron chi connectivity index (χ0n) is 12.7. The number of hydrogen-bond acceptors (Lipinski definition) is 4. The maximum atomic E-state index is 11.5. The second-order valence-electron chi connectivity index (χ2n) is 5.01. The first-order valence-corrected chi connectivity index (χ1v) is 7.29. The van der Waals surface area contributed by atoms with Crippen molar-refractivity contribution in [2.24, 2.45) is 0 Å². The van der Waals surface area contributed by atoms with Gasteiger partial charge in [-0.25, -0.2) is 0 Å². The molecule has 0 atom stereocenters. The summed E-state index contributed by atoms with van der Waals surface area (Å²) in [6.45, 7) is 2.25. The summed E-state index contributed by atoms with van der Waals surface area (Å²) >= 11 is 6.11. The first-order valence-electron chi connectivity index (χ1n) is 6.92. The Labute approximate surface area is 138 Å². The van der Waals surface area contributed by atoms with Gasteiger partial charge in [0.1, 0.15) is 0 Å². The summed E-state index contributed by atoms with van der Waals surface area (Å²) < 4.78 is 0. The smallest absolute Gasteiger partial charge is 0.271 e. The van der Waals surface area contributed by atoms with E-state index in [2.05, 4.69) is 10.6 Å². The molecule has 2 aromatic carbocycles. The van der Waals surface area contributed by atoms with Crippen LogP contribution in [0.4, 0.5) is 11.4 Å². The molecular formula is C16H16ClN3O3. The van der Waals surface area contributed by atoms with Crippen LogP contribution in [0.25, 0.3) is 0 Å². The molecule has 0 bridgehead atoms. The molecule has 0 heterocycles. The van der Waals surface area contributed by atoms with Crippen LogP contribution < -0.4 is 10.6 Å². The van der Waals surface area contributed by atoms with Crippen LogP contribution in [0.3, 0.4) is 0 Å². The highest BCUT2D eigenvalue weighted by molar-refractivity contribution is 6.33. The molecule has 0 saturated heterocycles. The lowest BCUT2D eigenvalue weighted by atomic mass is 10.1. The van der Waals surface area contributed by atoms with Gasteiger partial charge in [0.2, 0.25) is 0 Å². The lowest BCUT2D eigenvalue weighted by Crippen LogP contribution is -2.17. The minimum Gasteiger partial charge on any atom is -0.380 e. The Morgan fingerprint density at radius 2 is 1.91 bits per heavy atom. The highest BCUT2D eigenvalue weighted by Crippen LogP contribution is 2.31. The van der Waals surface area contributed by atoms with Crippen molar-refractivity contribution >= 4 is 28.9 Å². The van der Waals surface area contributed by atoms with Crippen LogP contribution in [0.2, 0.25) is 5.02 Å². The minimum atomic E-state index is -0.472. The van der Waals surface area contributed by atoms with Crippen LogP contribution in [0.1, 0.15) is 21.5 Å². The number of halogens is 1. The van der Waals surface area contributed by atoms with Crippen molar-refractivity contribution in [1.29, 1.82) is 0 Å². The number of carbonyl (C=O) groups excluding carboxylic acids is 1. The number of nitrogens with zero attached hydrogens (tertiary/aromatic N) is 1. The van der Waals surface area contributed by atoms with Gasteiger partial charge in [-0.3, -0.25) is 14.9 Å². The normalized spacial score (nSPS) is 10.2. The number of nitro benzene ring substituents is 1. The third-order valence-corrected chi connectivity index (χ3v) is 3.69. The summed E-state index contributed by atoms with van der Waals surface area (Å²) in [4.78, 5) is 21.8. The third kappa shape index (κ3) is 3.98. The van der Waals surface area contributed by atoms with Gasteiger partial charge in [-0.1, -0.05) is 23.7 Å². The van der Waals surface area contributed by atoms with Gasteiger partial charge >= 0.3 is 0 Å². The van der Waals surface area contributed by atoms with Crippen molar-refractivity contribution in [3.8, 4) is 0 Å². The number of nitro groups is 1. The quantitative estimate of drug-likeness (QED) is 0.647. The molecule has 1 amide bonds. The first-order chi connectivity index (χ1) is 10.9. The topological polar surface area (TPSA) is 84.3 Å². The van der Waals surface area contributed by atoms with E-state index in [0.29, 0.717) is 28.4 Å². The molecule has 0 aliphatic rings. The van der Waals surface area contributed by atoms with E-state index in [1.54, 1.807) is 26.1 Å². The van der Waals surface area contributed by atoms with Crippen molar-refractivity contribution in [2.45, 2.75) is 13.5 Å². The first kappa shape index (κ1) is 16.8. The van der Waals surface area contributed by atoms with Gasteiger partial charge in [0.15, 0.2) is 0 Å². The van der Waals surface area contributed by atoms with Crippen LogP contribution >= 0.6 is 11.6 Å². The van der Waals surface area contributed by atoms with E-state index in [-0.39, 0.29) is 11.6 Å². The Morgan fingerprint density at radius 1 is 1.26 bits per heavy atom. The van der Waals surface area contributed by atoms with Crippen LogP contribution in [0, 0.1) is 17.0 Å². The number of anilines is 1. The maximum Gasteiger partial charge on any atom is 0.271 e. The molecule has 2 aromatic rings. The molecule has 0 aromatic heterocycles. The van der Waals surface area contributed by atoms with Crippen molar-refractivity contribution in [2.75, 3.05) is 12.4 Å². The van der Waals surface area contributed by atoms with Gasteiger partial charge in [-0.2, -0.15) is 0 Å². The second-order valence-corrected chi connectivity index (χ2v) is 5.41. The Bertz CT molecular complexity index is 722. The average molecular weight is 334 g/mol. The van der Waals surface area contributed by atoms with Crippen molar-refractivity contribution in [3.05, 3.63) is 68.2 Å². The van der Waals surface area contributed by atoms with E-state index < -0.39 is 4.92 Å². The lowest BCUT2D eigenvalue weighted by Gasteiger charge is -2.12. The number of non-ortho nitro benzene ring substituents is 1. The highest BCUT2D eigenvalue weighted by Gasteiger charge is 2.13. The minimum absolute atomic E-state index is 0.0343. The number of aryl methyl sites for hydroxylation is 1. The van der Waals surface area contributed by atoms with E-state index in [1.165, 1.54) is 12.1 Å². The summed E-state index contributed by atoms with van der Waals surface area (Å²) in [6.07, 6.45) is 0. The SMILES string of the molecule is CNC(=O)c1ccc(CNc2c(C)cc([N+](=O)[O-])cc2Cl)cc1. The van der Waals surface area contributed by atoms with E-state index >= 15 is 0 Å². The van der Waals surface area contributed by atoms with Crippen LogP contribution in [-0.2, 0) is 6.54 Å². The van der Waals surface area contributed by atoms with Gasteiger partial charge < -0.3 is 10.6 Å². The molecule has 23 heavy (non-hydrogen) atoms. The fourth-order valence-electron chi connectivity index (χ4n) is 2.16. The third-order valence-electron chi connectivity index (χ3n) is 3.40. The number of hydrogen-bond donors (Lipinski definition) is 2. The van der Waals surface area contributed by atoms with Gasteiger partial charge in [-0.15, -0.1) is 0 Å². The molecule has 7 heteroatoms. The van der Waals surface area contributed by atoms with Crippen molar-refractivity contribution < 1.29 is 9.72 Å². The number of rotatable bonds is 5. The molecule has 0 unspecified atom stereocenters. The fraction of sp³-hybridized carbons (Fsp3) is 0.188.